The zero-order valence-electron chi connectivity index (χ0n) is 10.7. The molecule has 1 aromatic heterocycles. The predicted octanol–water partition coefficient (Wildman–Crippen LogP) is 3.05. The van der Waals surface area contributed by atoms with E-state index < -0.39 is 0 Å². The Morgan fingerprint density at radius 1 is 1.32 bits per heavy atom. The van der Waals surface area contributed by atoms with Crippen LogP contribution in [0.25, 0.3) is 10.1 Å². The minimum absolute atomic E-state index is 0.383. The van der Waals surface area contributed by atoms with Crippen LogP contribution in [0.1, 0.15) is 29.4 Å². The Morgan fingerprint density at radius 3 is 3.00 bits per heavy atom. The van der Waals surface area contributed by atoms with Crippen molar-refractivity contribution in [3.8, 4) is 6.19 Å². The van der Waals surface area contributed by atoms with Crippen LogP contribution in [0.5, 0.6) is 0 Å². The number of thiophene rings is 1. The van der Waals surface area contributed by atoms with E-state index in [1.807, 2.05) is 12.1 Å². The quantitative estimate of drug-likeness (QED) is 0.750. The van der Waals surface area contributed by atoms with Gasteiger partial charge >= 0.3 is 0 Å². The molecule has 1 aliphatic rings. The fourth-order valence-corrected chi connectivity index (χ4v) is 3.98. The predicted molar refractivity (Wildman–Crippen MR) is 76.9 cm³/mol. The summed E-state index contributed by atoms with van der Waals surface area (Å²) >= 11 is 1.70. The van der Waals surface area contributed by atoms with Crippen molar-refractivity contribution in [3.05, 3.63) is 34.7 Å². The van der Waals surface area contributed by atoms with Crippen molar-refractivity contribution in [1.29, 1.82) is 5.26 Å². The number of nitriles is 1. The molecule has 1 aromatic carbocycles. The van der Waals surface area contributed by atoms with Gasteiger partial charge in [-0.15, -0.1) is 11.3 Å². The topological polar surface area (TPSA) is 47.3 Å². The van der Waals surface area contributed by atoms with Gasteiger partial charge in [0.15, 0.2) is 6.19 Å². The molecule has 0 bridgehead atoms. The van der Waals surface area contributed by atoms with Crippen molar-refractivity contribution < 1.29 is 5.11 Å². The fraction of sp³-hybridized carbons (Fsp3) is 0.400. The highest BCUT2D eigenvalue weighted by atomic mass is 32.1. The standard InChI is InChI=1S/C15H16N2OS/c16-10-17-8-3-5-13(18)15-12(7-9-17)11-4-1-2-6-14(11)19-15/h1-2,4,6,13,18H,3,5,7-9H2/t13-/m1/s1. The lowest BCUT2D eigenvalue weighted by Gasteiger charge is -2.13. The van der Waals surface area contributed by atoms with Crippen molar-refractivity contribution in [1.82, 2.24) is 4.90 Å². The lowest BCUT2D eigenvalue weighted by Crippen LogP contribution is -2.21. The molecule has 0 unspecified atom stereocenters. The summed E-state index contributed by atoms with van der Waals surface area (Å²) in [5.41, 5.74) is 1.23. The van der Waals surface area contributed by atoms with E-state index in [0.29, 0.717) is 0 Å². The largest absolute Gasteiger partial charge is 0.388 e. The second-order valence-corrected chi connectivity index (χ2v) is 6.02. The second kappa shape index (κ2) is 5.20. The maximum atomic E-state index is 10.4. The van der Waals surface area contributed by atoms with E-state index in [1.165, 1.54) is 15.6 Å². The maximum absolute atomic E-state index is 10.4. The first-order valence-corrected chi connectivity index (χ1v) is 7.44. The highest BCUT2D eigenvalue weighted by molar-refractivity contribution is 7.19. The summed E-state index contributed by atoms with van der Waals surface area (Å²) in [6.07, 6.45) is 4.29. The highest BCUT2D eigenvalue weighted by Gasteiger charge is 2.21. The van der Waals surface area contributed by atoms with E-state index in [4.69, 9.17) is 5.26 Å². The second-order valence-electron chi connectivity index (χ2n) is 4.94. The Bertz CT molecular complexity index is 629. The Hall–Kier alpha value is -1.57. The average molecular weight is 272 g/mol. The maximum Gasteiger partial charge on any atom is 0.179 e. The van der Waals surface area contributed by atoms with Crippen LogP contribution < -0.4 is 0 Å². The molecular formula is C15H16N2OS. The molecule has 1 N–H and O–H groups in total. The van der Waals surface area contributed by atoms with Gasteiger partial charge in [0, 0.05) is 22.7 Å². The number of rotatable bonds is 0. The average Bonchev–Trinajstić information content (AvgIpc) is 2.82. The molecule has 1 atom stereocenters. The molecule has 0 saturated carbocycles. The Labute approximate surface area is 116 Å². The van der Waals surface area contributed by atoms with Crippen molar-refractivity contribution in [2.75, 3.05) is 13.1 Å². The number of aliphatic hydroxyl groups excluding tert-OH is 1. The summed E-state index contributed by atoms with van der Waals surface area (Å²) in [6, 6.07) is 8.29. The molecule has 0 spiro atoms. The summed E-state index contributed by atoms with van der Waals surface area (Å²) in [5.74, 6) is 0. The molecule has 0 saturated heterocycles. The summed E-state index contributed by atoms with van der Waals surface area (Å²) in [6.45, 7) is 1.50. The van der Waals surface area contributed by atoms with Crippen molar-refractivity contribution in [2.45, 2.75) is 25.4 Å². The van der Waals surface area contributed by atoms with Crippen LogP contribution in [0, 0.1) is 11.5 Å². The third-order valence-corrected chi connectivity index (χ3v) is 5.03. The minimum atomic E-state index is -0.383. The summed E-state index contributed by atoms with van der Waals surface area (Å²) in [4.78, 5) is 2.90. The van der Waals surface area contributed by atoms with Crippen LogP contribution in [0.15, 0.2) is 24.3 Å². The molecule has 0 radical (unpaired) electrons. The number of nitrogens with zero attached hydrogens (tertiary/aromatic N) is 2. The van der Waals surface area contributed by atoms with Gasteiger partial charge in [0.25, 0.3) is 0 Å². The number of hydrogen-bond acceptors (Lipinski definition) is 4. The molecule has 98 valence electrons. The first-order chi connectivity index (χ1) is 9.29. The van der Waals surface area contributed by atoms with Gasteiger partial charge in [-0.05, 0) is 36.3 Å². The number of fused-ring (bicyclic) bond motifs is 3. The van der Waals surface area contributed by atoms with Gasteiger partial charge in [-0.25, -0.2) is 0 Å². The molecule has 3 rings (SSSR count). The van der Waals surface area contributed by atoms with Gasteiger partial charge < -0.3 is 10.0 Å². The van der Waals surface area contributed by atoms with E-state index in [9.17, 15) is 5.11 Å². The van der Waals surface area contributed by atoms with Gasteiger partial charge in [-0.3, -0.25) is 0 Å². The van der Waals surface area contributed by atoms with Crippen LogP contribution in [0.2, 0.25) is 0 Å². The van der Waals surface area contributed by atoms with Gasteiger partial charge in [-0.1, -0.05) is 18.2 Å². The van der Waals surface area contributed by atoms with Crippen LogP contribution in [-0.4, -0.2) is 23.1 Å². The van der Waals surface area contributed by atoms with E-state index >= 15 is 0 Å². The van der Waals surface area contributed by atoms with Gasteiger partial charge in [-0.2, -0.15) is 5.26 Å². The number of benzene rings is 1. The lowest BCUT2D eigenvalue weighted by atomic mass is 10.0. The molecule has 0 amide bonds. The lowest BCUT2D eigenvalue weighted by molar-refractivity contribution is 0.165. The normalized spacial score (nSPS) is 20.2. The number of hydrogen-bond donors (Lipinski definition) is 1. The molecule has 0 fully saturated rings. The Morgan fingerprint density at radius 2 is 2.16 bits per heavy atom. The van der Waals surface area contributed by atoms with E-state index in [0.717, 1.165) is 37.2 Å². The Balaban J connectivity index is 2.06. The smallest absolute Gasteiger partial charge is 0.179 e. The third-order valence-electron chi connectivity index (χ3n) is 3.71. The van der Waals surface area contributed by atoms with Crippen LogP contribution >= 0.6 is 11.3 Å². The minimum Gasteiger partial charge on any atom is -0.388 e. The van der Waals surface area contributed by atoms with E-state index in [1.54, 1.807) is 16.2 Å². The first-order valence-electron chi connectivity index (χ1n) is 6.62. The molecular weight excluding hydrogens is 256 g/mol. The van der Waals surface area contributed by atoms with Crippen molar-refractivity contribution >= 4 is 21.4 Å². The van der Waals surface area contributed by atoms with E-state index in [-0.39, 0.29) is 6.10 Å². The zero-order chi connectivity index (χ0) is 13.2. The molecule has 0 aliphatic carbocycles. The first kappa shape index (κ1) is 12.5. The van der Waals surface area contributed by atoms with Gasteiger partial charge in [0.05, 0.1) is 6.10 Å². The van der Waals surface area contributed by atoms with Crippen LogP contribution in [-0.2, 0) is 6.42 Å². The zero-order valence-corrected chi connectivity index (χ0v) is 11.5. The molecule has 2 aromatic rings. The van der Waals surface area contributed by atoms with Crippen molar-refractivity contribution in [2.24, 2.45) is 0 Å². The monoisotopic (exact) mass is 272 g/mol. The summed E-state index contributed by atoms with van der Waals surface area (Å²) in [5, 5.41) is 20.7. The summed E-state index contributed by atoms with van der Waals surface area (Å²) < 4.78 is 1.23. The van der Waals surface area contributed by atoms with Crippen LogP contribution in [0.3, 0.4) is 0 Å². The van der Waals surface area contributed by atoms with Crippen LogP contribution in [0.4, 0.5) is 0 Å². The molecule has 19 heavy (non-hydrogen) atoms. The van der Waals surface area contributed by atoms with Crippen molar-refractivity contribution in [3.63, 3.8) is 0 Å². The molecule has 3 nitrogen and oxygen atoms in total. The Kier molecular flexibility index (Phi) is 3.41. The molecule has 1 aliphatic heterocycles. The third kappa shape index (κ3) is 2.32. The summed E-state index contributed by atoms with van der Waals surface area (Å²) in [7, 11) is 0. The van der Waals surface area contributed by atoms with Gasteiger partial charge in [0.1, 0.15) is 0 Å². The fourth-order valence-electron chi connectivity index (χ4n) is 2.71. The number of aliphatic hydroxyl groups is 1. The highest BCUT2D eigenvalue weighted by Crippen LogP contribution is 2.37. The molecule has 2 heterocycles. The van der Waals surface area contributed by atoms with E-state index in [2.05, 4.69) is 18.3 Å². The van der Waals surface area contributed by atoms with Gasteiger partial charge in [0.2, 0.25) is 0 Å². The SMILES string of the molecule is N#CN1CCC[C@@H](O)c2sc3ccccc3c2CC1. The molecule has 4 heteroatoms.